The summed E-state index contributed by atoms with van der Waals surface area (Å²) in [6, 6.07) is 4.91. The Kier molecular flexibility index (Phi) is 2.78. The average molecular weight is 180 g/mol. The van der Waals surface area contributed by atoms with Crippen LogP contribution in [0.5, 0.6) is 5.75 Å². The minimum atomic E-state index is -0.138. The number of rotatable bonds is 2. The SMILES string of the molecule is CC(C)C(N)c1ccc(N)cc1O. The van der Waals surface area contributed by atoms with Crippen molar-refractivity contribution in [3.63, 3.8) is 0 Å². The molecule has 72 valence electrons. The van der Waals surface area contributed by atoms with Crippen molar-refractivity contribution in [2.75, 3.05) is 5.73 Å². The first-order valence-electron chi connectivity index (χ1n) is 4.36. The Morgan fingerprint density at radius 2 is 1.92 bits per heavy atom. The number of anilines is 1. The largest absolute Gasteiger partial charge is 0.508 e. The molecule has 0 aliphatic rings. The van der Waals surface area contributed by atoms with Crippen LogP contribution in [0.15, 0.2) is 18.2 Å². The van der Waals surface area contributed by atoms with Gasteiger partial charge < -0.3 is 16.6 Å². The molecule has 3 heteroatoms. The molecule has 13 heavy (non-hydrogen) atoms. The molecule has 1 aromatic carbocycles. The van der Waals surface area contributed by atoms with Crippen molar-refractivity contribution >= 4 is 5.69 Å². The molecule has 1 aromatic rings. The van der Waals surface area contributed by atoms with Gasteiger partial charge in [-0.15, -0.1) is 0 Å². The lowest BCUT2D eigenvalue weighted by Crippen LogP contribution is -2.16. The monoisotopic (exact) mass is 180 g/mol. The highest BCUT2D eigenvalue weighted by Gasteiger charge is 2.13. The second-order valence-electron chi connectivity index (χ2n) is 3.59. The topological polar surface area (TPSA) is 72.3 Å². The van der Waals surface area contributed by atoms with E-state index in [0.29, 0.717) is 11.6 Å². The standard InChI is InChI=1S/C10H16N2O/c1-6(2)10(12)8-4-3-7(11)5-9(8)13/h3-6,10,13H,11-12H2,1-2H3. The van der Waals surface area contributed by atoms with Crippen LogP contribution in [0.4, 0.5) is 5.69 Å². The van der Waals surface area contributed by atoms with Crippen LogP contribution in [-0.4, -0.2) is 5.11 Å². The lowest BCUT2D eigenvalue weighted by Gasteiger charge is -2.17. The minimum Gasteiger partial charge on any atom is -0.508 e. The Bertz CT molecular complexity index is 297. The van der Waals surface area contributed by atoms with Crippen LogP contribution in [0, 0.1) is 5.92 Å². The van der Waals surface area contributed by atoms with Gasteiger partial charge in [0, 0.05) is 23.4 Å². The van der Waals surface area contributed by atoms with Crippen molar-refractivity contribution < 1.29 is 5.11 Å². The maximum Gasteiger partial charge on any atom is 0.122 e. The van der Waals surface area contributed by atoms with Crippen molar-refractivity contribution in [1.82, 2.24) is 0 Å². The molecule has 1 rings (SSSR count). The average Bonchev–Trinajstić information content (AvgIpc) is 2.03. The second-order valence-corrected chi connectivity index (χ2v) is 3.59. The summed E-state index contributed by atoms with van der Waals surface area (Å²) >= 11 is 0. The van der Waals surface area contributed by atoms with Crippen LogP contribution in [0.2, 0.25) is 0 Å². The van der Waals surface area contributed by atoms with E-state index in [1.807, 2.05) is 13.8 Å². The van der Waals surface area contributed by atoms with Crippen LogP contribution in [0.1, 0.15) is 25.5 Å². The van der Waals surface area contributed by atoms with E-state index in [2.05, 4.69) is 0 Å². The summed E-state index contributed by atoms with van der Waals surface area (Å²) in [7, 11) is 0. The molecule has 1 atom stereocenters. The molecule has 0 radical (unpaired) electrons. The maximum atomic E-state index is 9.55. The highest BCUT2D eigenvalue weighted by Crippen LogP contribution is 2.28. The van der Waals surface area contributed by atoms with E-state index in [1.54, 1.807) is 12.1 Å². The molecule has 0 aliphatic carbocycles. The van der Waals surface area contributed by atoms with Gasteiger partial charge in [0.1, 0.15) is 5.75 Å². The van der Waals surface area contributed by atoms with E-state index < -0.39 is 0 Å². The van der Waals surface area contributed by atoms with Gasteiger partial charge >= 0.3 is 0 Å². The molecular formula is C10H16N2O. The Hall–Kier alpha value is -1.22. The highest BCUT2D eigenvalue weighted by molar-refractivity contribution is 5.48. The number of aromatic hydroxyl groups is 1. The van der Waals surface area contributed by atoms with Crippen molar-refractivity contribution in [2.45, 2.75) is 19.9 Å². The van der Waals surface area contributed by atoms with Gasteiger partial charge in [0.2, 0.25) is 0 Å². The van der Waals surface area contributed by atoms with Crippen LogP contribution < -0.4 is 11.5 Å². The summed E-state index contributed by atoms with van der Waals surface area (Å²) in [6.07, 6.45) is 0. The Labute approximate surface area is 78.4 Å². The van der Waals surface area contributed by atoms with Gasteiger partial charge in [0.25, 0.3) is 0 Å². The zero-order valence-electron chi connectivity index (χ0n) is 7.99. The summed E-state index contributed by atoms with van der Waals surface area (Å²) in [4.78, 5) is 0. The molecule has 0 heterocycles. The summed E-state index contributed by atoms with van der Waals surface area (Å²) in [5, 5.41) is 9.55. The molecule has 0 amide bonds. The van der Waals surface area contributed by atoms with Gasteiger partial charge in [-0.2, -0.15) is 0 Å². The maximum absolute atomic E-state index is 9.55. The summed E-state index contributed by atoms with van der Waals surface area (Å²) < 4.78 is 0. The first-order valence-corrected chi connectivity index (χ1v) is 4.36. The molecule has 0 bridgehead atoms. The van der Waals surface area contributed by atoms with E-state index >= 15 is 0 Å². The van der Waals surface area contributed by atoms with Crippen LogP contribution >= 0.6 is 0 Å². The molecule has 0 fully saturated rings. The quantitative estimate of drug-likeness (QED) is 0.606. The van der Waals surface area contributed by atoms with Gasteiger partial charge in [0.15, 0.2) is 0 Å². The number of hydrogen-bond donors (Lipinski definition) is 3. The number of phenols is 1. The van der Waals surface area contributed by atoms with Crippen molar-refractivity contribution in [3.8, 4) is 5.75 Å². The normalized spacial score (nSPS) is 13.2. The fraction of sp³-hybridized carbons (Fsp3) is 0.400. The molecular weight excluding hydrogens is 164 g/mol. The Morgan fingerprint density at radius 3 is 2.38 bits per heavy atom. The van der Waals surface area contributed by atoms with E-state index in [4.69, 9.17) is 11.5 Å². The summed E-state index contributed by atoms with van der Waals surface area (Å²) in [5.74, 6) is 0.482. The van der Waals surface area contributed by atoms with Crippen LogP contribution in [0.25, 0.3) is 0 Å². The lowest BCUT2D eigenvalue weighted by molar-refractivity contribution is 0.440. The predicted octanol–water partition coefficient (Wildman–Crippen LogP) is 1.63. The third kappa shape index (κ3) is 2.12. The predicted molar refractivity (Wildman–Crippen MR) is 54.3 cm³/mol. The highest BCUT2D eigenvalue weighted by atomic mass is 16.3. The zero-order valence-corrected chi connectivity index (χ0v) is 7.99. The van der Waals surface area contributed by atoms with E-state index in [9.17, 15) is 5.11 Å². The van der Waals surface area contributed by atoms with Gasteiger partial charge in [-0.05, 0) is 12.0 Å². The fourth-order valence-corrected chi connectivity index (χ4v) is 1.20. The van der Waals surface area contributed by atoms with Gasteiger partial charge in [-0.3, -0.25) is 0 Å². The summed E-state index contributed by atoms with van der Waals surface area (Å²) in [6.45, 7) is 4.03. The fourth-order valence-electron chi connectivity index (χ4n) is 1.20. The lowest BCUT2D eigenvalue weighted by atomic mass is 9.96. The molecule has 0 aliphatic heterocycles. The van der Waals surface area contributed by atoms with Crippen molar-refractivity contribution in [3.05, 3.63) is 23.8 Å². The van der Waals surface area contributed by atoms with Gasteiger partial charge in [0.05, 0.1) is 0 Å². The van der Waals surface area contributed by atoms with Crippen LogP contribution in [0.3, 0.4) is 0 Å². The number of hydrogen-bond acceptors (Lipinski definition) is 3. The van der Waals surface area contributed by atoms with E-state index in [-0.39, 0.29) is 11.8 Å². The third-order valence-corrected chi connectivity index (χ3v) is 2.13. The second kappa shape index (κ2) is 3.66. The number of nitrogens with two attached hydrogens (primary N) is 2. The Balaban J connectivity index is 3.01. The van der Waals surface area contributed by atoms with Gasteiger partial charge in [-0.25, -0.2) is 0 Å². The van der Waals surface area contributed by atoms with Crippen molar-refractivity contribution in [2.24, 2.45) is 11.7 Å². The molecule has 0 saturated heterocycles. The van der Waals surface area contributed by atoms with E-state index in [1.165, 1.54) is 6.07 Å². The number of nitrogen functional groups attached to an aromatic ring is 1. The number of phenolic OH excluding ortho intramolecular Hbond substituents is 1. The molecule has 3 nitrogen and oxygen atoms in total. The third-order valence-electron chi connectivity index (χ3n) is 2.13. The smallest absolute Gasteiger partial charge is 0.122 e. The minimum absolute atomic E-state index is 0.138. The molecule has 5 N–H and O–H groups in total. The molecule has 0 spiro atoms. The van der Waals surface area contributed by atoms with Crippen molar-refractivity contribution in [1.29, 1.82) is 0 Å². The molecule has 1 unspecified atom stereocenters. The molecule has 0 saturated carbocycles. The zero-order chi connectivity index (χ0) is 10.0. The van der Waals surface area contributed by atoms with Gasteiger partial charge in [-0.1, -0.05) is 19.9 Å². The first kappa shape index (κ1) is 9.86. The summed E-state index contributed by atoms with van der Waals surface area (Å²) in [5.41, 5.74) is 12.7. The Morgan fingerprint density at radius 1 is 1.31 bits per heavy atom. The van der Waals surface area contributed by atoms with E-state index in [0.717, 1.165) is 5.56 Å². The number of benzene rings is 1. The van der Waals surface area contributed by atoms with Crippen LogP contribution in [-0.2, 0) is 0 Å². The molecule has 0 aromatic heterocycles. The first-order chi connectivity index (χ1) is 6.02.